The molecule has 0 saturated heterocycles. The number of rotatable bonds is 2. The van der Waals surface area contributed by atoms with Crippen molar-refractivity contribution in [2.45, 2.75) is 25.8 Å². The highest BCUT2D eigenvalue weighted by Gasteiger charge is 2.28. The lowest BCUT2D eigenvalue weighted by atomic mass is 10.1. The molecular weight excluding hydrogens is 299 g/mol. The summed E-state index contributed by atoms with van der Waals surface area (Å²) in [6.07, 6.45) is 1.31. The van der Waals surface area contributed by atoms with Crippen LogP contribution < -0.4 is 5.32 Å². The minimum absolute atomic E-state index is 0.164. The Balaban J connectivity index is 1.86. The normalized spacial score (nSPS) is 17.1. The van der Waals surface area contributed by atoms with Gasteiger partial charge in [0.05, 0.1) is 17.2 Å². The number of carbonyl (C=O) groups is 1. The van der Waals surface area contributed by atoms with E-state index in [0.29, 0.717) is 34.0 Å². The van der Waals surface area contributed by atoms with Crippen LogP contribution in [-0.2, 0) is 6.42 Å². The summed E-state index contributed by atoms with van der Waals surface area (Å²) < 4.78 is 13.8. The van der Waals surface area contributed by atoms with Crippen molar-refractivity contribution in [3.8, 4) is 0 Å². The van der Waals surface area contributed by atoms with Crippen molar-refractivity contribution < 1.29 is 9.18 Å². The lowest BCUT2D eigenvalue weighted by Crippen LogP contribution is -2.27. The Labute approximate surface area is 124 Å². The number of halogens is 2. The second-order valence-corrected chi connectivity index (χ2v) is 6.08. The molecule has 0 unspecified atom stereocenters. The summed E-state index contributed by atoms with van der Waals surface area (Å²) in [5, 5.41) is 3.30. The third-order valence-electron chi connectivity index (χ3n) is 3.51. The van der Waals surface area contributed by atoms with Gasteiger partial charge in [-0.05, 0) is 43.0 Å². The Morgan fingerprint density at radius 3 is 3.05 bits per heavy atom. The predicted molar refractivity (Wildman–Crippen MR) is 76.8 cm³/mol. The van der Waals surface area contributed by atoms with Crippen LogP contribution in [0.4, 0.5) is 4.39 Å². The van der Waals surface area contributed by atoms with Crippen molar-refractivity contribution in [2.24, 2.45) is 0 Å². The van der Waals surface area contributed by atoms with E-state index in [1.54, 1.807) is 18.5 Å². The molecule has 1 aliphatic rings. The van der Waals surface area contributed by atoms with Gasteiger partial charge in [0.15, 0.2) is 0 Å². The number of aromatic nitrogens is 1. The van der Waals surface area contributed by atoms with Crippen LogP contribution >= 0.6 is 22.9 Å². The maximum atomic E-state index is 13.8. The molecule has 0 bridgehead atoms. The van der Waals surface area contributed by atoms with E-state index in [4.69, 9.17) is 11.6 Å². The maximum absolute atomic E-state index is 13.8. The zero-order chi connectivity index (χ0) is 14.3. The number of thiazole rings is 1. The van der Waals surface area contributed by atoms with Gasteiger partial charge in [-0.25, -0.2) is 9.37 Å². The van der Waals surface area contributed by atoms with Crippen molar-refractivity contribution in [1.29, 1.82) is 0 Å². The fraction of sp³-hybridized carbons (Fsp3) is 0.286. The molecule has 0 fully saturated rings. The van der Waals surface area contributed by atoms with Crippen LogP contribution in [0, 0.1) is 12.7 Å². The summed E-state index contributed by atoms with van der Waals surface area (Å²) in [6.45, 7) is 1.80. The molecule has 0 spiro atoms. The van der Waals surface area contributed by atoms with Crippen LogP contribution in [0.2, 0.25) is 5.02 Å². The van der Waals surface area contributed by atoms with Gasteiger partial charge in [0.2, 0.25) is 0 Å². The first kappa shape index (κ1) is 13.5. The largest absolute Gasteiger partial charge is 0.344 e. The Hall–Kier alpha value is -1.46. The van der Waals surface area contributed by atoms with E-state index in [1.165, 1.54) is 17.4 Å². The first-order chi connectivity index (χ1) is 9.56. The number of fused-ring (bicyclic) bond motifs is 1. The van der Waals surface area contributed by atoms with Gasteiger partial charge in [0.25, 0.3) is 5.91 Å². The van der Waals surface area contributed by atoms with E-state index in [2.05, 4.69) is 10.3 Å². The van der Waals surface area contributed by atoms with Crippen LogP contribution in [0.15, 0.2) is 17.6 Å². The summed E-state index contributed by atoms with van der Waals surface area (Å²) in [4.78, 5) is 16.9. The SMILES string of the molecule is Cc1ncsc1C(=O)N[C@@H]1CCc2c(F)cc(Cl)cc21. The Morgan fingerprint density at radius 1 is 1.55 bits per heavy atom. The van der Waals surface area contributed by atoms with Gasteiger partial charge in [-0.1, -0.05) is 11.6 Å². The van der Waals surface area contributed by atoms with Gasteiger partial charge in [-0.3, -0.25) is 4.79 Å². The molecule has 1 N–H and O–H groups in total. The van der Waals surface area contributed by atoms with Gasteiger partial charge in [-0.2, -0.15) is 0 Å². The van der Waals surface area contributed by atoms with Gasteiger partial charge >= 0.3 is 0 Å². The summed E-state index contributed by atoms with van der Waals surface area (Å²) in [7, 11) is 0. The average Bonchev–Trinajstić information content (AvgIpc) is 2.96. The van der Waals surface area contributed by atoms with Crippen LogP contribution in [0.25, 0.3) is 0 Å². The molecule has 104 valence electrons. The molecule has 3 nitrogen and oxygen atoms in total. The van der Waals surface area contributed by atoms with Crippen molar-refractivity contribution in [3.63, 3.8) is 0 Å². The molecular formula is C14H12ClFN2OS. The molecule has 20 heavy (non-hydrogen) atoms. The highest BCUT2D eigenvalue weighted by atomic mass is 35.5. The molecule has 1 atom stereocenters. The Morgan fingerprint density at radius 2 is 2.35 bits per heavy atom. The fourth-order valence-corrected chi connectivity index (χ4v) is 3.45. The monoisotopic (exact) mass is 310 g/mol. The summed E-state index contributed by atoms with van der Waals surface area (Å²) in [5.41, 5.74) is 3.79. The molecule has 0 radical (unpaired) electrons. The maximum Gasteiger partial charge on any atom is 0.263 e. The van der Waals surface area contributed by atoms with Crippen molar-refractivity contribution in [1.82, 2.24) is 10.3 Å². The lowest BCUT2D eigenvalue weighted by molar-refractivity contribution is 0.0940. The van der Waals surface area contributed by atoms with E-state index in [9.17, 15) is 9.18 Å². The highest BCUT2D eigenvalue weighted by molar-refractivity contribution is 7.11. The number of carbonyl (C=O) groups excluding carboxylic acids is 1. The molecule has 1 aromatic carbocycles. The third kappa shape index (κ3) is 2.31. The smallest absolute Gasteiger partial charge is 0.263 e. The van der Waals surface area contributed by atoms with Crippen LogP contribution in [0.1, 0.15) is 39.0 Å². The molecule has 6 heteroatoms. The molecule has 0 aliphatic heterocycles. The van der Waals surface area contributed by atoms with E-state index >= 15 is 0 Å². The Bertz CT molecular complexity index is 686. The zero-order valence-corrected chi connectivity index (χ0v) is 12.3. The molecule has 1 aliphatic carbocycles. The topological polar surface area (TPSA) is 42.0 Å². The third-order valence-corrected chi connectivity index (χ3v) is 4.66. The number of aryl methyl sites for hydroxylation is 1. The summed E-state index contributed by atoms with van der Waals surface area (Å²) in [5.74, 6) is -0.457. The van der Waals surface area contributed by atoms with Crippen molar-refractivity contribution >= 4 is 28.8 Å². The molecule has 2 aromatic rings. The second-order valence-electron chi connectivity index (χ2n) is 4.79. The van der Waals surface area contributed by atoms with Gasteiger partial charge in [0, 0.05) is 5.02 Å². The van der Waals surface area contributed by atoms with E-state index < -0.39 is 0 Å². The molecule has 1 amide bonds. The summed E-state index contributed by atoms with van der Waals surface area (Å²) in [6, 6.07) is 2.86. The van der Waals surface area contributed by atoms with Crippen LogP contribution in [-0.4, -0.2) is 10.9 Å². The van der Waals surface area contributed by atoms with E-state index in [-0.39, 0.29) is 17.8 Å². The number of benzene rings is 1. The zero-order valence-electron chi connectivity index (χ0n) is 10.7. The number of nitrogens with zero attached hydrogens (tertiary/aromatic N) is 1. The predicted octanol–water partition coefficient (Wildman–Crippen LogP) is 3.66. The average molecular weight is 311 g/mol. The minimum atomic E-state index is -0.293. The number of hydrogen-bond donors (Lipinski definition) is 1. The molecule has 0 saturated carbocycles. The highest BCUT2D eigenvalue weighted by Crippen LogP contribution is 2.35. The molecule has 1 aromatic heterocycles. The van der Waals surface area contributed by atoms with Gasteiger partial charge in [0.1, 0.15) is 10.7 Å². The van der Waals surface area contributed by atoms with Crippen LogP contribution in [0.5, 0.6) is 0 Å². The minimum Gasteiger partial charge on any atom is -0.344 e. The number of nitrogens with one attached hydrogen (secondary N) is 1. The first-order valence-corrected chi connectivity index (χ1v) is 7.51. The van der Waals surface area contributed by atoms with Crippen LogP contribution in [0.3, 0.4) is 0 Å². The van der Waals surface area contributed by atoms with Crippen molar-refractivity contribution in [2.75, 3.05) is 0 Å². The van der Waals surface area contributed by atoms with Gasteiger partial charge < -0.3 is 5.32 Å². The van der Waals surface area contributed by atoms with E-state index in [0.717, 1.165) is 5.56 Å². The first-order valence-electron chi connectivity index (χ1n) is 6.25. The Kier molecular flexibility index (Phi) is 3.48. The standard InChI is InChI=1S/C14H12ClFN2OS/c1-7-13(20-6-17-7)14(19)18-12-3-2-9-10(12)4-8(15)5-11(9)16/h4-6,12H,2-3H2,1H3,(H,18,19)/t12-/m1/s1. The second kappa shape index (κ2) is 5.14. The molecule has 3 rings (SSSR count). The van der Waals surface area contributed by atoms with E-state index in [1.807, 2.05) is 0 Å². The van der Waals surface area contributed by atoms with Crippen molar-refractivity contribution in [3.05, 3.63) is 50.2 Å². The van der Waals surface area contributed by atoms with Gasteiger partial charge in [-0.15, -0.1) is 11.3 Å². The fourth-order valence-electron chi connectivity index (χ4n) is 2.54. The quantitative estimate of drug-likeness (QED) is 0.919. The summed E-state index contributed by atoms with van der Waals surface area (Å²) >= 11 is 7.20. The number of hydrogen-bond acceptors (Lipinski definition) is 3. The number of amides is 1. The lowest BCUT2D eigenvalue weighted by Gasteiger charge is -2.14. The molecule has 1 heterocycles.